The van der Waals surface area contributed by atoms with Crippen molar-refractivity contribution in [3.63, 3.8) is 0 Å². The lowest BCUT2D eigenvalue weighted by atomic mass is 10.2. The number of hydrogen-bond donors (Lipinski definition) is 1. The summed E-state index contributed by atoms with van der Waals surface area (Å²) < 4.78 is 1.61. The van der Waals surface area contributed by atoms with Gasteiger partial charge in [-0.2, -0.15) is 0 Å². The van der Waals surface area contributed by atoms with Gasteiger partial charge in [0.25, 0.3) is 0 Å². The van der Waals surface area contributed by atoms with E-state index in [0.29, 0.717) is 11.4 Å². The van der Waals surface area contributed by atoms with E-state index in [1.807, 2.05) is 0 Å². The van der Waals surface area contributed by atoms with Gasteiger partial charge in [-0.1, -0.05) is 0 Å². The number of thiophene rings is 1. The molecular weight excluding hydrogens is 374 g/mol. The standard InChI is InChI=1S/C10H11Br2NO3S/c1-3-13(5(2)14)8(10(15)16)7-4-6(11)9(12)17-7/h4,8H,3H2,1-2H3,(H,15,16). The van der Waals surface area contributed by atoms with E-state index in [0.717, 1.165) is 8.26 Å². The quantitative estimate of drug-likeness (QED) is 0.866. The molecule has 17 heavy (non-hydrogen) atoms. The highest BCUT2D eigenvalue weighted by molar-refractivity contribution is 9.13. The number of carbonyl (C=O) groups excluding carboxylic acids is 1. The molecule has 1 N–H and O–H groups in total. The van der Waals surface area contributed by atoms with Crippen LogP contribution in [0.5, 0.6) is 0 Å². The molecule has 0 aromatic carbocycles. The second-order valence-electron chi connectivity index (χ2n) is 3.32. The van der Waals surface area contributed by atoms with Crippen molar-refractivity contribution in [3.05, 3.63) is 19.2 Å². The second-order valence-corrected chi connectivity index (χ2v) is 6.57. The fourth-order valence-electron chi connectivity index (χ4n) is 1.49. The van der Waals surface area contributed by atoms with Crippen LogP contribution in [-0.4, -0.2) is 28.4 Å². The predicted molar refractivity (Wildman–Crippen MR) is 73.2 cm³/mol. The van der Waals surface area contributed by atoms with Crippen molar-refractivity contribution < 1.29 is 14.7 Å². The first-order valence-electron chi connectivity index (χ1n) is 4.83. The summed E-state index contributed by atoms with van der Waals surface area (Å²) in [5, 5.41) is 9.26. The Balaban J connectivity index is 3.17. The maximum absolute atomic E-state index is 11.4. The summed E-state index contributed by atoms with van der Waals surface area (Å²) in [6, 6.07) is 0.796. The zero-order chi connectivity index (χ0) is 13.2. The third-order valence-electron chi connectivity index (χ3n) is 2.22. The van der Waals surface area contributed by atoms with Crippen molar-refractivity contribution in [2.24, 2.45) is 0 Å². The molecule has 1 aromatic heterocycles. The molecule has 0 aliphatic carbocycles. The monoisotopic (exact) mass is 383 g/mol. The molecule has 1 amide bonds. The molecule has 7 heteroatoms. The minimum atomic E-state index is -1.02. The molecule has 0 saturated carbocycles. The Labute approximate surface area is 120 Å². The molecule has 94 valence electrons. The fraction of sp³-hybridized carbons (Fsp3) is 0.400. The Morgan fingerprint density at radius 2 is 2.12 bits per heavy atom. The van der Waals surface area contributed by atoms with E-state index in [-0.39, 0.29) is 5.91 Å². The highest BCUT2D eigenvalue weighted by atomic mass is 79.9. The summed E-state index contributed by atoms with van der Waals surface area (Å²) in [5.41, 5.74) is 0. The summed E-state index contributed by atoms with van der Waals surface area (Å²) in [6.45, 7) is 3.49. The zero-order valence-corrected chi connectivity index (χ0v) is 13.2. The Kier molecular flexibility index (Phi) is 5.15. The molecule has 0 aliphatic heterocycles. The Hall–Kier alpha value is -0.400. The number of nitrogens with zero attached hydrogens (tertiary/aromatic N) is 1. The number of hydrogen-bond acceptors (Lipinski definition) is 3. The van der Waals surface area contributed by atoms with Gasteiger partial charge in [-0.05, 0) is 44.8 Å². The number of aliphatic carboxylic acids is 1. The smallest absolute Gasteiger partial charge is 0.331 e. The van der Waals surface area contributed by atoms with E-state index < -0.39 is 12.0 Å². The normalized spacial score (nSPS) is 12.2. The maximum atomic E-state index is 11.4. The number of halogens is 2. The fourth-order valence-corrected chi connectivity index (χ4v) is 3.69. The third kappa shape index (κ3) is 3.29. The average Bonchev–Trinajstić information content (AvgIpc) is 2.53. The molecule has 0 bridgehead atoms. The lowest BCUT2D eigenvalue weighted by Gasteiger charge is -2.25. The number of carbonyl (C=O) groups is 2. The van der Waals surface area contributed by atoms with Crippen LogP contribution in [0.25, 0.3) is 0 Å². The number of amides is 1. The zero-order valence-electron chi connectivity index (χ0n) is 9.24. The maximum Gasteiger partial charge on any atom is 0.331 e. The van der Waals surface area contributed by atoms with E-state index in [1.165, 1.54) is 23.2 Å². The molecule has 1 rings (SSSR count). The second kappa shape index (κ2) is 5.97. The van der Waals surface area contributed by atoms with Gasteiger partial charge in [0.1, 0.15) is 0 Å². The van der Waals surface area contributed by atoms with E-state index in [1.54, 1.807) is 13.0 Å². The van der Waals surface area contributed by atoms with Crippen LogP contribution in [0.2, 0.25) is 0 Å². The molecule has 0 fully saturated rings. The largest absolute Gasteiger partial charge is 0.479 e. The van der Waals surface area contributed by atoms with Gasteiger partial charge < -0.3 is 10.0 Å². The number of carboxylic acid groups (broad SMARTS) is 1. The van der Waals surface area contributed by atoms with Crippen molar-refractivity contribution in [2.75, 3.05) is 6.54 Å². The van der Waals surface area contributed by atoms with Crippen molar-refractivity contribution in [1.29, 1.82) is 0 Å². The summed E-state index contributed by atoms with van der Waals surface area (Å²) in [7, 11) is 0. The highest BCUT2D eigenvalue weighted by Gasteiger charge is 2.30. The third-order valence-corrected chi connectivity index (χ3v) is 5.53. The van der Waals surface area contributed by atoms with Crippen LogP contribution in [0.1, 0.15) is 24.8 Å². The van der Waals surface area contributed by atoms with E-state index in [9.17, 15) is 14.7 Å². The molecule has 0 spiro atoms. The van der Waals surface area contributed by atoms with Crippen LogP contribution in [0, 0.1) is 0 Å². The first kappa shape index (κ1) is 14.7. The van der Waals surface area contributed by atoms with Crippen LogP contribution >= 0.6 is 43.2 Å². The molecular formula is C10H11Br2NO3S. The summed E-state index contributed by atoms with van der Waals surface area (Å²) in [6.07, 6.45) is 0. The van der Waals surface area contributed by atoms with Gasteiger partial charge in [0.15, 0.2) is 6.04 Å². The summed E-state index contributed by atoms with van der Waals surface area (Å²) >= 11 is 7.93. The van der Waals surface area contributed by atoms with E-state index in [2.05, 4.69) is 31.9 Å². The van der Waals surface area contributed by atoms with E-state index in [4.69, 9.17) is 0 Å². The Morgan fingerprint density at radius 1 is 1.53 bits per heavy atom. The molecule has 1 aromatic rings. The van der Waals surface area contributed by atoms with Gasteiger partial charge >= 0.3 is 5.97 Å². The van der Waals surface area contributed by atoms with Crippen LogP contribution in [0.4, 0.5) is 0 Å². The lowest BCUT2D eigenvalue weighted by molar-refractivity contribution is -0.149. The SMILES string of the molecule is CCN(C(C)=O)C(C(=O)O)c1cc(Br)c(Br)s1. The first-order chi connectivity index (χ1) is 7.88. The van der Waals surface area contributed by atoms with Crippen LogP contribution < -0.4 is 0 Å². The average molecular weight is 385 g/mol. The van der Waals surface area contributed by atoms with Crippen molar-refractivity contribution in [3.8, 4) is 0 Å². The van der Waals surface area contributed by atoms with Crippen molar-refractivity contribution in [2.45, 2.75) is 19.9 Å². The summed E-state index contributed by atoms with van der Waals surface area (Å²) in [5.74, 6) is -1.27. The van der Waals surface area contributed by atoms with Gasteiger partial charge in [-0.25, -0.2) is 4.79 Å². The Bertz CT molecular complexity index is 427. The minimum absolute atomic E-state index is 0.249. The van der Waals surface area contributed by atoms with Crippen molar-refractivity contribution in [1.82, 2.24) is 4.90 Å². The molecule has 1 atom stereocenters. The van der Waals surface area contributed by atoms with Gasteiger partial charge in [0.2, 0.25) is 5.91 Å². The van der Waals surface area contributed by atoms with Crippen LogP contribution in [0.3, 0.4) is 0 Å². The van der Waals surface area contributed by atoms with Gasteiger partial charge in [-0.3, -0.25) is 4.79 Å². The topological polar surface area (TPSA) is 57.6 Å². The lowest BCUT2D eigenvalue weighted by Crippen LogP contribution is -2.36. The van der Waals surface area contributed by atoms with E-state index >= 15 is 0 Å². The van der Waals surface area contributed by atoms with Crippen LogP contribution in [-0.2, 0) is 9.59 Å². The number of carboxylic acids is 1. The van der Waals surface area contributed by atoms with Gasteiger partial charge in [0, 0.05) is 22.8 Å². The molecule has 0 aliphatic rings. The molecule has 4 nitrogen and oxygen atoms in total. The first-order valence-corrected chi connectivity index (χ1v) is 7.23. The van der Waals surface area contributed by atoms with Gasteiger partial charge in [-0.15, -0.1) is 11.3 Å². The highest BCUT2D eigenvalue weighted by Crippen LogP contribution is 2.37. The van der Waals surface area contributed by atoms with Gasteiger partial charge in [0.05, 0.1) is 3.79 Å². The minimum Gasteiger partial charge on any atom is -0.479 e. The molecule has 1 unspecified atom stereocenters. The summed E-state index contributed by atoms with van der Waals surface area (Å²) in [4.78, 5) is 24.7. The van der Waals surface area contributed by atoms with Crippen molar-refractivity contribution >= 4 is 55.1 Å². The number of rotatable bonds is 4. The molecule has 1 heterocycles. The predicted octanol–water partition coefficient (Wildman–Crippen LogP) is 3.27. The molecule has 0 saturated heterocycles. The van der Waals surface area contributed by atoms with Crippen LogP contribution in [0.15, 0.2) is 14.3 Å². The molecule has 0 radical (unpaired) electrons. The number of likely N-dealkylation sites (N-methyl/N-ethyl adjacent to an activating group) is 1. The Morgan fingerprint density at radius 3 is 2.41 bits per heavy atom.